The van der Waals surface area contributed by atoms with Crippen molar-refractivity contribution in [1.82, 2.24) is 0 Å². The molecule has 0 spiro atoms. The predicted octanol–water partition coefficient (Wildman–Crippen LogP) is -9.49. The number of hydrogen-bond acceptors (Lipinski definition) is 8. The van der Waals surface area contributed by atoms with Crippen molar-refractivity contribution in [1.29, 1.82) is 0 Å². The minimum atomic E-state index is -1.87. The van der Waals surface area contributed by atoms with Crippen LogP contribution in [0.4, 0.5) is 0 Å². The van der Waals surface area contributed by atoms with E-state index < -0.39 is 22.8 Å². The van der Waals surface area contributed by atoms with Gasteiger partial charge in [-0.2, -0.15) is 0 Å². The molecule has 2 atom stereocenters. The van der Waals surface area contributed by atoms with Gasteiger partial charge in [-0.25, -0.2) is 0 Å². The molecule has 2 N–H and O–H groups in total. The third-order valence-electron chi connectivity index (χ3n) is 0.641. The first-order valence-electron chi connectivity index (χ1n) is 2.55. The summed E-state index contributed by atoms with van der Waals surface area (Å²) in [6.07, 6.45) is 0. The molecule has 0 saturated heterocycles. The zero-order chi connectivity index (χ0) is 9.72. The van der Waals surface area contributed by atoms with Crippen molar-refractivity contribution in [2.45, 2.75) is 10.9 Å². The van der Waals surface area contributed by atoms with Crippen LogP contribution in [0.1, 0.15) is 0 Å². The summed E-state index contributed by atoms with van der Waals surface area (Å²) in [6.45, 7) is 0. The van der Waals surface area contributed by atoms with Gasteiger partial charge in [-0.1, -0.05) is 21.6 Å². The summed E-state index contributed by atoms with van der Waals surface area (Å²) in [5.41, 5.74) is -3.74. The van der Waals surface area contributed by atoms with Crippen LogP contribution in [0.25, 0.3) is 0 Å². The summed E-state index contributed by atoms with van der Waals surface area (Å²) in [7, 11) is 0.521. The minimum Gasteiger partial charge on any atom is -0.546 e. The van der Waals surface area contributed by atoms with Crippen LogP contribution >= 0.6 is 21.6 Å². The van der Waals surface area contributed by atoms with Gasteiger partial charge in [-0.3, -0.25) is 0 Å². The van der Waals surface area contributed by atoms with Gasteiger partial charge in [0.25, 0.3) is 0 Å². The quantitative estimate of drug-likeness (QED) is 0.291. The van der Waals surface area contributed by atoms with Gasteiger partial charge in [-0.05, 0) is 0 Å². The maximum absolute atomic E-state index is 9.84. The predicted molar refractivity (Wildman–Crippen MR) is 37.2 cm³/mol. The molecule has 0 fully saturated rings. The number of aliphatic carboxylic acids is 2. The number of aliphatic hydroxyl groups excluding tert-OH is 2. The van der Waals surface area contributed by atoms with Gasteiger partial charge in [0, 0.05) is 0 Å². The fourth-order valence-electron chi connectivity index (χ4n) is 0.184. The SMILES string of the molecule is O=C([O-])C(O)SSC(O)C(=O)[O-].[K+].[K+]. The molecule has 0 rings (SSSR count). The second kappa shape index (κ2) is 12.3. The average Bonchev–Trinajstić information content (AvgIpc) is 1.98. The van der Waals surface area contributed by atoms with Crippen LogP contribution in [0.3, 0.4) is 0 Å². The van der Waals surface area contributed by atoms with Gasteiger partial charge in [-0.15, -0.1) is 0 Å². The fourth-order valence-corrected chi connectivity index (χ4v) is 1.65. The number of hydrogen-bond donors (Lipinski definition) is 2. The second-order valence-corrected chi connectivity index (χ2v) is 3.97. The molecule has 6 nitrogen and oxygen atoms in total. The summed E-state index contributed by atoms with van der Waals surface area (Å²) in [4.78, 5) is 19.7. The zero-order valence-electron chi connectivity index (χ0n) is 7.50. The molecular weight excluding hydrogens is 286 g/mol. The van der Waals surface area contributed by atoms with E-state index >= 15 is 0 Å². The summed E-state index contributed by atoms with van der Waals surface area (Å²) in [6, 6.07) is 0. The number of carbonyl (C=O) groups excluding carboxylic acids is 2. The molecule has 0 aliphatic rings. The molecule has 0 aliphatic carbocycles. The Kier molecular flexibility index (Phi) is 19.4. The number of rotatable bonds is 5. The van der Waals surface area contributed by atoms with Crippen LogP contribution in [0.2, 0.25) is 0 Å². The van der Waals surface area contributed by atoms with Crippen LogP contribution in [0.5, 0.6) is 0 Å². The van der Waals surface area contributed by atoms with Crippen LogP contribution < -0.4 is 113 Å². The van der Waals surface area contributed by atoms with Gasteiger partial charge in [0.2, 0.25) is 0 Å². The monoisotopic (exact) mass is 290 g/mol. The Morgan fingerprint density at radius 3 is 1.29 bits per heavy atom. The van der Waals surface area contributed by atoms with Gasteiger partial charge in [0.15, 0.2) is 0 Å². The van der Waals surface area contributed by atoms with E-state index in [4.69, 9.17) is 10.2 Å². The molecule has 0 aliphatic heterocycles. The van der Waals surface area contributed by atoms with Crippen molar-refractivity contribution in [3.8, 4) is 0 Å². The van der Waals surface area contributed by atoms with E-state index in [1.165, 1.54) is 0 Å². The number of carboxylic acid groups (broad SMARTS) is 2. The Balaban J connectivity index is -0.000000605. The molecular formula is C4H4K2O6S2. The van der Waals surface area contributed by atoms with Crippen LogP contribution in [-0.2, 0) is 9.59 Å². The van der Waals surface area contributed by atoms with Crippen LogP contribution in [0.15, 0.2) is 0 Å². The zero-order valence-corrected chi connectivity index (χ0v) is 15.4. The van der Waals surface area contributed by atoms with E-state index in [0.29, 0.717) is 0 Å². The van der Waals surface area contributed by atoms with Gasteiger partial charge in [0.05, 0.1) is 11.9 Å². The van der Waals surface area contributed by atoms with E-state index in [2.05, 4.69) is 0 Å². The second-order valence-electron chi connectivity index (χ2n) is 1.54. The molecule has 2 unspecified atom stereocenters. The fraction of sp³-hybridized carbons (Fsp3) is 0.500. The van der Waals surface area contributed by atoms with Crippen molar-refractivity contribution < 1.29 is 133 Å². The smallest absolute Gasteiger partial charge is 0.546 e. The molecule has 14 heavy (non-hydrogen) atoms. The molecule has 0 radical (unpaired) electrons. The summed E-state index contributed by atoms with van der Waals surface area (Å²) in [5.74, 6) is -3.50. The average molecular weight is 290 g/mol. The van der Waals surface area contributed by atoms with Crippen molar-refractivity contribution >= 4 is 33.5 Å². The van der Waals surface area contributed by atoms with Crippen molar-refractivity contribution in [2.75, 3.05) is 0 Å². The van der Waals surface area contributed by atoms with Crippen molar-refractivity contribution in [2.24, 2.45) is 0 Å². The van der Waals surface area contributed by atoms with E-state index in [1.807, 2.05) is 0 Å². The Hall–Kier alpha value is 2.83. The molecule has 0 aromatic carbocycles. The number of aliphatic hydroxyl groups is 2. The Labute approximate surface area is 173 Å². The van der Waals surface area contributed by atoms with Gasteiger partial charge in [0.1, 0.15) is 10.9 Å². The molecule has 0 bridgehead atoms. The standard InChI is InChI=1S/C4H6O6S2.2K/c5-1(6)3(9)11-12-4(10)2(7)8;;/h3-4,9-10H,(H,5,6)(H,7,8);;/q;2*+1/p-2. The first-order chi connectivity index (χ1) is 5.45. The number of carboxylic acids is 2. The Morgan fingerprint density at radius 2 is 1.14 bits per heavy atom. The Morgan fingerprint density at radius 1 is 0.929 bits per heavy atom. The van der Waals surface area contributed by atoms with E-state index in [-0.39, 0.29) is 124 Å². The third kappa shape index (κ3) is 11.3. The van der Waals surface area contributed by atoms with Gasteiger partial charge < -0.3 is 30.0 Å². The first kappa shape index (κ1) is 22.1. The number of carbonyl (C=O) groups is 2. The van der Waals surface area contributed by atoms with E-state index in [1.54, 1.807) is 0 Å². The van der Waals surface area contributed by atoms with Crippen LogP contribution in [-0.4, -0.2) is 33.0 Å². The summed E-state index contributed by atoms with van der Waals surface area (Å²) < 4.78 is 0. The van der Waals surface area contributed by atoms with Crippen LogP contribution in [0, 0.1) is 0 Å². The maximum atomic E-state index is 9.84. The molecule has 0 amide bonds. The normalized spacial score (nSPS) is 13.0. The summed E-state index contributed by atoms with van der Waals surface area (Å²) in [5, 5.41) is 36.7. The molecule has 0 heterocycles. The minimum absolute atomic E-state index is 0. The molecule has 70 valence electrons. The van der Waals surface area contributed by atoms with Crippen molar-refractivity contribution in [3.05, 3.63) is 0 Å². The van der Waals surface area contributed by atoms with E-state index in [9.17, 15) is 19.8 Å². The molecule has 0 aromatic heterocycles. The third-order valence-corrected chi connectivity index (χ3v) is 2.93. The molecule has 10 heteroatoms. The Bertz CT molecular complexity index is 171. The molecule has 0 aromatic rings. The maximum Gasteiger partial charge on any atom is 1.00 e. The van der Waals surface area contributed by atoms with Gasteiger partial charge >= 0.3 is 103 Å². The van der Waals surface area contributed by atoms with E-state index in [0.717, 1.165) is 0 Å². The first-order valence-corrected chi connectivity index (χ1v) is 4.82. The topological polar surface area (TPSA) is 121 Å². The summed E-state index contributed by atoms with van der Waals surface area (Å²) >= 11 is 0. The molecule has 0 saturated carbocycles. The largest absolute Gasteiger partial charge is 1.00 e. The van der Waals surface area contributed by atoms with Crippen molar-refractivity contribution in [3.63, 3.8) is 0 Å².